The largest absolute Gasteiger partial charge is 0.388 e. The van der Waals surface area contributed by atoms with Crippen molar-refractivity contribution in [2.24, 2.45) is 5.92 Å². The van der Waals surface area contributed by atoms with E-state index in [1.807, 2.05) is 18.2 Å². The minimum absolute atomic E-state index is 0.132. The SMILES string of the molecule is CN1C(=O)Cc2cc(C(O)C3CC3)ccc21. The Bertz CT molecular complexity index is 451. The van der Waals surface area contributed by atoms with E-state index in [-0.39, 0.29) is 12.0 Å². The number of aliphatic hydroxyl groups is 1. The molecule has 1 fully saturated rings. The van der Waals surface area contributed by atoms with Crippen LogP contribution >= 0.6 is 0 Å². The molecule has 1 heterocycles. The van der Waals surface area contributed by atoms with Crippen LogP contribution in [0.2, 0.25) is 0 Å². The molecule has 16 heavy (non-hydrogen) atoms. The van der Waals surface area contributed by atoms with Crippen LogP contribution in [0.3, 0.4) is 0 Å². The number of hydrogen-bond acceptors (Lipinski definition) is 2. The predicted octanol–water partition coefficient (Wildman–Crippen LogP) is 1.65. The van der Waals surface area contributed by atoms with Crippen molar-refractivity contribution >= 4 is 11.6 Å². The lowest BCUT2D eigenvalue weighted by molar-refractivity contribution is -0.117. The lowest BCUT2D eigenvalue weighted by Crippen LogP contribution is -2.20. The van der Waals surface area contributed by atoms with Crippen molar-refractivity contribution in [1.82, 2.24) is 0 Å². The van der Waals surface area contributed by atoms with Crippen LogP contribution in [0.15, 0.2) is 18.2 Å². The molecule has 1 aromatic carbocycles. The van der Waals surface area contributed by atoms with E-state index in [4.69, 9.17) is 0 Å². The molecule has 84 valence electrons. The molecule has 0 saturated heterocycles. The molecule has 1 amide bonds. The van der Waals surface area contributed by atoms with E-state index in [0.717, 1.165) is 29.7 Å². The molecule has 0 bridgehead atoms. The van der Waals surface area contributed by atoms with E-state index in [1.54, 1.807) is 11.9 Å². The fourth-order valence-electron chi connectivity index (χ4n) is 2.36. The number of anilines is 1. The summed E-state index contributed by atoms with van der Waals surface area (Å²) < 4.78 is 0. The van der Waals surface area contributed by atoms with E-state index in [0.29, 0.717) is 12.3 Å². The first-order chi connectivity index (χ1) is 7.66. The van der Waals surface area contributed by atoms with Crippen molar-refractivity contribution in [3.63, 3.8) is 0 Å². The van der Waals surface area contributed by atoms with Gasteiger partial charge in [0.25, 0.3) is 0 Å². The Labute approximate surface area is 94.7 Å². The number of nitrogens with zero attached hydrogens (tertiary/aromatic N) is 1. The molecule has 0 radical (unpaired) electrons. The van der Waals surface area contributed by atoms with Crippen molar-refractivity contribution in [3.8, 4) is 0 Å². The molecule has 1 N–H and O–H groups in total. The second-order valence-corrected chi connectivity index (χ2v) is 4.80. The summed E-state index contributed by atoms with van der Waals surface area (Å²) in [6.07, 6.45) is 2.37. The summed E-state index contributed by atoms with van der Waals surface area (Å²) in [6.45, 7) is 0. The van der Waals surface area contributed by atoms with Gasteiger partial charge in [0.1, 0.15) is 0 Å². The molecule has 2 aliphatic rings. The quantitative estimate of drug-likeness (QED) is 0.818. The highest BCUT2D eigenvalue weighted by Gasteiger charge is 2.32. The fraction of sp³-hybridized carbons (Fsp3) is 0.462. The summed E-state index contributed by atoms with van der Waals surface area (Å²) >= 11 is 0. The maximum absolute atomic E-state index is 11.5. The third-order valence-corrected chi connectivity index (χ3v) is 3.59. The summed E-state index contributed by atoms with van der Waals surface area (Å²) in [6, 6.07) is 5.87. The third-order valence-electron chi connectivity index (χ3n) is 3.59. The number of hydrogen-bond donors (Lipinski definition) is 1. The maximum Gasteiger partial charge on any atom is 0.231 e. The molecule has 1 unspecified atom stereocenters. The van der Waals surface area contributed by atoms with Gasteiger partial charge < -0.3 is 10.0 Å². The van der Waals surface area contributed by atoms with Gasteiger partial charge in [-0.15, -0.1) is 0 Å². The van der Waals surface area contributed by atoms with Gasteiger partial charge >= 0.3 is 0 Å². The van der Waals surface area contributed by atoms with Gasteiger partial charge in [-0.3, -0.25) is 4.79 Å². The van der Waals surface area contributed by atoms with Gasteiger partial charge in [0.2, 0.25) is 5.91 Å². The van der Waals surface area contributed by atoms with Crippen LogP contribution in [0.5, 0.6) is 0 Å². The number of carbonyl (C=O) groups is 1. The number of rotatable bonds is 2. The molecule has 3 nitrogen and oxygen atoms in total. The van der Waals surface area contributed by atoms with Crippen LogP contribution in [0.1, 0.15) is 30.1 Å². The second kappa shape index (κ2) is 3.32. The van der Waals surface area contributed by atoms with Crippen LogP contribution in [-0.2, 0) is 11.2 Å². The highest BCUT2D eigenvalue weighted by molar-refractivity contribution is 6.00. The number of likely N-dealkylation sites (N-methyl/N-ethyl adjacent to an activating group) is 1. The monoisotopic (exact) mass is 217 g/mol. The molecule has 1 aromatic rings. The number of fused-ring (bicyclic) bond motifs is 1. The lowest BCUT2D eigenvalue weighted by atomic mass is 10.0. The zero-order valence-corrected chi connectivity index (χ0v) is 9.31. The Balaban J connectivity index is 1.94. The van der Waals surface area contributed by atoms with Gasteiger partial charge in [-0.25, -0.2) is 0 Å². The van der Waals surface area contributed by atoms with E-state index in [9.17, 15) is 9.90 Å². The van der Waals surface area contributed by atoms with Crippen molar-refractivity contribution < 1.29 is 9.90 Å². The molecule has 1 atom stereocenters. The van der Waals surface area contributed by atoms with Crippen molar-refractivity contribution in [3.05, 3.63) is 29.3 Å². The van der Waals surface area contributed by atoms with Crippen LogP contribution < -0.4 is 4.90 Å². The normalized spacial score (nSPS) is 21.1. The van der Waals surface area contributed by atoms with Crippen molar-refractivity contribution in [2.45, 2.75) is 25.4 Å². The van der Waals surface area contributed by atoms with Crippen molar-refractivity contribution in [2.75, 3.05) is 11.9 Å². The van der Waals surface area contributed by atoms with Gasteiger partial charge in [-0.05, 0) is 36.0 Å². The Hall–Kier alpha value is -1.35. The summed E-state index contributed by atoms with van der Waals surface area (Å²) in [7, 11) is 1.80. The number of carbonyl (C=O) groups excluding carboxylic acids is 1. The molecule has 1 saturated carbocycles. The molecular formula is C13H15NO2. The van der Waals surface area contributed by atoms with Gasteiger partial charge in [0, 0.05) is 12.7 Å². The van der Waals surface area contributed by atoms with Gasteiger partial charge in [0.15, 0.2) is 0 Å². The first-order valence-electron chi connectivity index (χ1n) is 5.74. The lowest BCUT2D eigenvalue weighted by Gasteiger charge is -2.13. The highest BCUT2D eigenvalue weighted by Crippen LogP contribution is 2.42. The molecular weight excluding hydrogens is 202 g/mol. The van der Waals surface area contributed by atoms with Crippen LogP contribution in [-0.4, -0.2) is 18.1 Å². The Kier molecular flexibility index (Phi) is 2.04. The maximum atomic E-state index is 11.5. The minimum atomic E-state index is -0.341. The van der Waals surface area contributed by atoms with E-state index in [2.05, 4.69) is 0 Å². The third kappa shape index (κ3) is 1.43. The summed E-state index contributed by atoms with van der Waals surface area (Å²) in [5, 5.41) is 10.0. The Morgan fingerprint density at radius 2 is 2.19 bits per heavy atom. The summed E-state index contributed by atoms with van der Waals surface area (Å²) in [5.74, 6) is 0.570. The predicted molar refractivity (Wildman–Crippen MR) is 61.2 cm³/mol. The molecule has 0 aromatic heterocycles. The molecule has 0 spiro atoms. The number of amides is 1. The van der Waals surface area contributed by atoms with E-state index in [1.165, 1.54) is 0 Å². The van der Waals surface area contributed by atoms with Gasteiger partial charge in [-0.1, -0.05) is 12.1 Å². The average molecular weight is 217 g/mol. The highest BCUT2D eigenvalue weighted by atomic mass is 16.3. The van der Waals surface area contributed by atoms with Crippen LogP contribution in [0.4, 0.5) is 5.69 Å². The van der Waals surface area contributed by atoms with Crippen LogP contribution in [0.25, 0.3) is 0 Å². The Morgan fingerprint density at radius 1 is 1.44 bits per heavy atom. The first-order valence-corrected chi connectivity index (χ1v) is 5.74. The molecule has 1 aliphatic carbocycles. The molecule has 3 rings (SSSR count). The fourth-order valence-corrected chi connectivity index (χ4v) is 2.36. The molecule has 3 heteroatoms. The smallest absolute Gasteiger partial charge is 0.231 e. The zero-order chi connectivity index (χ0) is 11.3. The van der Waals surface area contributed by atoms with E-state index < -0.39 is 0 Å². The topological polar surface area (TPSA) is 40.5 Å². The van der Waals surface area contributed by atoms with Crippen molar-refractivity contribution in [1.29, 1.82) is 0 Å². The minimum Gasteiger partial charge on any atom is -0.388 e. The average Bonchev–Trinajstić information content (AvgIpc) is 3.07. The second-order valence-electron chi connectivity index (χ2n) is 4.80. The van der Waals surface area contributed by atoms with Gasteiger partial charge in [0.05, 0.1) is 12.5 Å². The first kappa shape index (κ1) is 9.85. The molecule has 1 aliphatic heterocycles. The van der Waals surface area contributed by atoms with Crippen LogP contribution in [0, 0.1) is 5.92 Å². The zero-order valence-electron chi connectivity index (χ0n) is 9.31. The number of aliphatic hydroxyl groups excluding tert-OH is 1. The standard InChI is InChI=1S/C13H15NO2/c1-14-11-5-4-9(13(16)8-2-3-8)6-10(11)7-12(14)15/h4-6,8,13,16H,2-3,7H2,1H3. The van der Waals surface area contributed by atoms with E-state index >= 15 is 0 Å². The van der Waals surface area contributed by atoms with Gasteiger partial charge in [-0.2, -0.15) is 0 Å². The summed E-state index contributed by atoms with van der Waals surface area (Å²) in [5.41, 5.74) is 2.99. The number of benzene rings is 1. The Morgan fingerprint density at radius 3 is 2.88 bits per heavy atom. The summed E-state index contributed by atoms with van der Waals surface area (Å²) in [4.78, 5) is 13.2.